The zero-order chi connectivity index (χ0) is 20.9. The molecule has 6 heteroatoms. The molecule has 3 amide bonds. The second-order valence-corrected chi connectivity index (χ2v) is 7.90. The van der Waals surface area contributed by atoms with Crippen LogP contribution in [-0.4, -0.2) is 41.4 Å². The lowest BCUT2D eigenvalue weighted by Crippen LogP contribution is -2.34. The summed E-state index contributed by atoms with van der Waals surface area (Å²) in [6, 6.07) is 15.8. The molecule has 1 unspecified atom stereocenters. The Labute approximate surface area is 177 Å². The maximum absolute atomic E-state index is 12.9. The second kappa shape index (κ2) is 9.20. The summed E-state index contributed by atoms with van der Waals surface area (Å²) in [5.74, 6) is 1.08. The summed E-state index contributed by atoms with van der Waals surface area (Å²) in [5.41, 5.74) is 2.99. The number of likely N-dealkylation sites (tertiary alicyclic amines) is 2. The van der Waals surface area contributed by atoms with E-state index in [0.29, 0.717) is 19.6 Å². The van der Waals surface area contributed by atoms with E-state index >= 15 is 0 Å². The van der Waals surface area contributed by atoms with Crippen LogP contribution in [0.15, 0.2) is 48.5 Å². The number of rotatable bonds is 6. The van der Waals surface area contributed by atoms with E-state index in [9.17, 15) is 9.59 Å². The van der Waals surface area contributed by atoms with E-state index in [1.165, 1.54) is 0 Å². The van der Waals surface area contributed by atoms with Gasteiger partial charge in [-0.25, -0.2) is 4.79 Å². The maximum atomic E-state index is 12.9. The van der Waals surface area contributed by atoms with Gasteiger partial charge in [-0.15, -0.1) is 0 Å². The molecule has 2 aliphatic rings. The maximum Gasteiger partial charge on any atom is 0.322 e. The molecule has 30 heavy (non-hydrogen) atoms. The zero-order valence-electron chi connectivity index (χ0n) is 17.5. The molecule has 0 bridgehead atoms. The van der Waals surface area contributed by atoms with Crippen LogP contribution in [0.5, 0.6) is 5.75 Å². The van der Waals surface area contributed by atoms with E-state index in [2.05, 4.69) is 17.4 Å². The van der Waals surface area contributed by atoms with Gasteiger partial charge in [0.2, 0.25) is 5.91 Å². The molecule has 2 aliphatic heterocycles. The molecule has 0 spiro atoms. The van der Waals surface area contributed by atoms with E-state index in [1.54, 1.807) is 0 Å². The van der Waals surface area contributed by atoms with E-state index in [-0.39, 0.29) is 18.0 Å². The van der Waals surface area contributed by atoms with Crippen LogP contribution in [0, 0.1) is 0 Å². The third kappa shape index (κ3) is 4.58. The Morgan fingerprint density at radius 1 is 1.07 bits per heavy atom. The number of nitrogens with zero attached hydrogens (tertiary/aromatic N) is 2. The molecule has 2 heterocycles. The molecule has 0 aromatic heterocycles. The molecule has 0 aliphatic carbocycles. The summed E-state index contributed by atoms with van der Waals surface area (Å²) in [5, 5.41) is 3.03. The number of carbonyl (C=O) groups is 2. The topological polar surface area (TPSA) is 61.9 Å². The fourth-order valence-electron chi connectivity index (χ4n) is 4.29. The van der Waals surface area contributed by atoms with Crippen LogP contribution in [0.2, 0.25) is 0 Å². The number of nitrogens with one attached hydrogen (secondary N) is 1. The smallest absolute Gasteiger partial charge is 0.322 e. The summed E-state index contributed by atoms with van der Waals surface area (Å²) < 4.78 is 5.52. The van der Waals surface area contributed by atoms with Crippen LogP contribution in [0.1, 0.15) is 49.8 Å². The van der Waals surface area contributed by atoms with Gasteiger partial charge in [-0.05, 0) is 61.6 Å². The molecular formula is C24H29N3O3. The minimum atomic E-state index is -0.0751. The van der Waals surface area contributed by atoms with E-state index in [1.807, 2.05) is 53.1 Å². The van der Waals surface area contributed by atoms with Gasteiger partial charge in [0, 0.05) is 31.7 Å². The molecular weight excluding hydrogens is 378 g/mol. The monoisotopic (exact) mass is 407 g/mol. The zero-order valence-corrected chi connectivity index (χ0v) is 17.5. The van der Waals surface area contributed by atoms with Gasteiger partial charge in [-0.2, -0.15) is 0 Å². The first-order valence-corrected chi connectivity index (χ1v) is 10.8. The molecule has 4 rings (SSSR count). The average molecular weight is 408 g/mol. The Hall–Kier alpha value is -3.02. The summed E-state index contributed by atoms with van der Waals surface area (Å²) >= 11 is 0. The number of hydrogen-bond donors (Lipinski definition) is 1. The molecule has 2 aromatic carbocycles. The molecule has 1 atom stereocenters. The Bertz CT molecular complexity index is 880. The van der Waals surface area contributed by atoms with Crippen LogP contribution in [-0.2, 0) is 11.3 Å². The van der Waals surface area contributed by atoms with Gasteiger partial charge in [0.1, 0.15) is 5.75 Å². The second-order valence-electron chi connectivity index (χ2n) is 7.90. The molecule has 0 radical (unpaired) electrons. The summed E-state index contributed by atoms with van der Waals surface area (Å²) in [6.45, 7) is 4.83. The highest BCUT2D eigenvalue weighted by atomic mass is 16.5. The van der Waals surface area contributed by atoms with E-state index in [0.717, 1.165) is 54.9 Å². The summed E-state index contributed by atoms with van der Waals surface area (Å²) in [4.78, 5) is 28.5. The van der Waals surface area contributed by atoms with E-state index < -0.39 is 0 Å². The Balaban J connectivity index is 1.37. The highest BCUT2D eigenvalue weighted by Crippen LogP contribution is 2.33. The van der Waals surface area contributed by atoms with Crippen molar-refractivity contribution in [3.05, 3.63) is 59.7 Å². The van der Waals surface area contributed by atoms with Crippen molar-refractivity contribution in [2.75, 3.05) is 25.0 Å². The molecule has 158 valence electrons. The normalized spacial score (nSPS) is 18.7. The van der Waals surface area contributed by atoms with Crippen LogP contribution in [0.4, 0.5) is 10.5 Å². The van der Waals surface area contributed by atoms with Gasteiger partial charge in [0.05, 0.1) is 12.6 Å². The number of hydrogen-bond acceptors (Lipinski definition) is 3. The predicted octanol–water partition coefficient (Wildman–Crippen LogP) is 4.58. The largest absolute Gasteiger partial charge is 0.494 e. The molecule has 2 aromatic rings. The fourth-order valence-corrected chi connectivity index (χ4v) is 4.29. The SMILES string of the molecule is CCOc1ccc(C2CCCN2C(=O)Nc2ccc(CN3CCCC3=O)cc2)cc1. The third-order valence-electron chi connectivity index (χ3n) is 5.84. The molecule has 2 saturated heterocycles. The van der Waals surface area contributed by atoms with Crippen LogP contribution >= 0.6 is 0 Å². The minimum absolute atomic E-state index is 0.0751. The van der Waals surface area contributed by atoms with Crippen molar-refractivity contribution in [2.45, 2.75) is 45.2 Å². The van der Waals surface area contributed by atoms with Gasteiger partial charge in [-0.1, -0.05) is 24.3 Å². The quantitative estimate of drug-likeness (QED) is 0.763. The molecule has 1 N–H and O–H groups in total. The Morgan fingerprint density at radius 2 is 1.83 bits per heavy atom. The lowest BCUT2D eigenvalue weighted by molar-refractivity contribution is -0.128. The number of anilines is 1. The van der Waals surface area contributed by atoms with Crippen molar-refractivity contribution in [3.63, 3.8) is 0 Å². The number of benzene rings is 2. The fraction of sp³-hybridized carbons (Fsp3) is 0.417. The number of carbonyl (C=O) groups excluding carboxylic acids is 2. The summed E-state index contributed by atoms with van der Waals surface area (Å²) in [7, 11) is 0. The van der Waals surface area contributed by atoms with Crippen molar-refractivity contribution in [2.24, 2.45) is 0 Å². The van der Waals surface area contributed by atoms with E-state index in [4.69, 9.17) is 4.74 Å². The first kappa shape index (κ1) is 20.3. The summed E-state index contributed by atoms with van der Waals surface area (Å²) in [6.07, 6.45) is 3.55. The van der Waals surface area contributed by atoms with Crippen molar-refractivity contribution < 1.29 is 14.3 Å². The first-order chi connectivity index (χ1) is 14.6. The third-order valence-corrected chi connectivity index (χ3v) is 5.84. The predicted molar refractivity (Wildman–Crippen MR) is 116 cm³/mol. The highest BCUT2D eigenvalue weighted by Gasteiger charge is 2.30. The van der Waals surface area contributed by atoms with Crippen LogP contribution < -0.4 is 10.1 Å². The Morgan fingerprint density at radius 3 is 2.50 bits per heavy atom. The van der Waals surface area contributed by atoms with Gasteiger partial charge in [0.25, 0.3) is 0 Å². The number of amides is 3. The van der Waals surface area contributed by atoms with Crippen molar-refractivity contribution in [1.82, 2.24) is 9.80 Å². The van der Waals surface area contributed by atoms with Gasteiger partial charge >= 0.3 is 6.03 Å². The van der Waals surface area contributed by atoms with Gasteiger partial charge in [-0.3, -0.25) is 4.79 Å². The highest BCUT2D eigenvalue weighted by molar-refractivity contribution is 5.89. The lowest BCUT2D eigenvalue weighted by Gasteiger charge is -2.25. The van der Waals surface area contributed by atoms with Gasteiger partial charge in [0.15, 0.2) is 0 Å². The minimum Gasteiger partial charge on any atom is -0.494 e. The molecule has 0 saturated carbocycles. The molecule has 6 nitrogen and oxygen atoms in total. The molecule has 2 fully saturated rings. The van der Waals surface area contributed by atoms with Crippen molar-refractivity contribution >= 4 is 17.6 Å². The number of ether oxygens (including phenoxy) is 1. The Kier molecular flexibility index (Phi) is 6.21. The van der Waals surface area contributed by atoms with Gasteiger partial charge < -0.3 is 19.9 Å². The number of urea groups is 1. The lowest BCUT2D eigenvalue weighted by atomic mass is 10.0. The van der Waals surface area contributed by atoms with Crippen molar-refractivity contribution in [1.29, 1.82) is 0 Å². The first-order valence-electron chi connectivity index (χ1n) is 10.8. The average Bonchev–Trinajstić information content (AvgIpc) is 3.40. The van der Waals surface area contributed by atoms with Crippen LogP contribution in [0.25, 0.3) is 0 Å². The standard InChI is InChI=1S/C24H29N3O3/c1-2-30-21-13-9-19(10-14-21)22-5-3-16-27(22)24(29)25-20-11-7-18(8-12-20)17-26-15-4-6-23(26)28/h7-14,22H,2-6,15-17H2,1H3,(H,25,29). The van der Waals surface area contributed by atoms with Crippen LogP contribution in [0.3, 0.4) is 0 Å². The van der Waals surface area contributed by atoms with Crippen molar-refractivity contribution in [3.8, 4) is 5.75 Å².